The van der Waals surface area contributed by atoms with Crippen LogP contribution in [0.2, 0.25) is 0 Å². The van der Waals surface area contributed by atoms with Crippen molar-refractivity contribution in [3.63, 3.8) is 0 Å². The minimum atomic E-state index is 0.319. The summed E-state index contributed by atoms with van der Waals surface area (Å²) in [6, 6.07) is 4.35. The second-order valence-electron chi connectivity index (χ2n) is 4.65. The highest BCUT2D eigenvalue weighted by atomic mass is 32.1. The van der Waals surface area contributed by atoms with E-state index in [1.54, 1.807) is 0 Å². The molecule has 1 aromatic heterocycles. The number of hydrogen-bond acceptors (Lipinski definition) is 4. The molecule has 1 atom stereocenters. The van der Waals surface area contributed by atoms with Crippen LogP contribution in [0, 0.1) is 0 Å². The van der Waals surface area contributed by atoms with E-state index in [1.807, 2.05) is 11.3 Å². The quantitative estimate of drug-likeness (QED) is 0.825. The molecule has 2 rings (SSSR count). The first-order chi connectivity index (χ1) is 8.88. The van der Waals surface area contributed by atoms with Crippen LogP contribution in [0.15, 0.2) is 12.1 Å². The first-order valence-electron chi connectivity index (χ1n) is 6.86. The molecular formula is C14H23NO2S. The van der Waals surface area contributed by atoms with Gasteiger partial charge in [0.1, 0.15) is 0 Å². The molecular weight excluding hydrogens is 246 g/mol. The van der Waals surface area contributed by atoms with Crippen molar-refractivity contribution in [3.8, 4) is 0 Å². The Hall–Kier alpha value is -0.420. The lowest BCUT2D eigenvalue weighted by Crippen LogP contribution is -2.24. The highest BCUT2D eigenvalue weighted by molar-refractivity contribution is 7.11. The molecule has 18 heavy (non-hydrogen) atoms. The average molecular weight is 269 g/mol. The molecule has 3 nitrogen and oxygen atoms in total. The molecule has 0 aliphatic carbocycles. The Labute approximate surface area is 113 Å². The minimum absolute atomic E-state index is 0.319. The highest BCUT2D eigenvalue weighted by Crippen LogP contribution is 2.18. The van der Waals surface area contributed by atoms with E-state index in [4.69, 9.17) is 9.47 Å². The summed E-state index contributed by atoms with van der Waals surface area (Å²) in [6.07, 6.45) is 3.95. The molecule has 0 aromatic carbocycles. The van der Waals surface area contributed by atoms with Gasteiger partial charge in [-0.1, -0.05) is 6.92 Å². The van der Waals surface area contributed by atoms with E-state index < -0.39 is 0 Å². The molecule has 0 saturated carbocycles. The molecule has 0 amide bonds. The maximum Gasteiger partial charge on any atom is 0.0810 e. The van der Waals surface area contributed by atoms with Crippen molar-refractivity contribution >= 4 is 11.3 Å². The summed E-state index contributed by atoms with van der Waals surface area (Å²) in [5.41, 5.74) is 0. The van der Waals surface area contributed by atoms with Crippen molar-refractivity contribution in [1.82, 2.24) is 5.32 Å². The predicted octanol–water partition coefficient (Wildman–Crippen LogP) is 2.94. The Morgan fingerprint density at radius 3 is 3.06 bits per heavy atom. The Morgan fingerprint density at radius 1 is 1.39 bits per heavy atom. The lowest BCUT2D eigenvalue weighted by molar-refractivity contribution is -0.0443. The molecule has 1 fully saturated rings. The first kappa shape index (κ1) is 14.0. The number of ether oxygens (including phenoxy) is 2. The van der Waals surface area contributed by atoms with Gasteiger partial charge in [0.25, 0.3) is 0 Å². The van der Waals surface area contributed by atoms with Gasteiger partial charge in [0.15, 0.2) is 0 Å². The zero-order valence-electron chi connectivity index (χ0n) is 11.1. The van der Waals surface area contributed by atoms with Gasteiger partial charge in [0, 0.05) is 22.9 Å². The summed E-state index contributed by atoms with van der Waals surface area (Å²) in [5.74, 6) is 0. The van der Waals surface area contributed by atoms with Gasteiger partial charge in [-0.15, -0.1) is 11.3 Å². The van der Waals surface area contributed by atoms with Crippen molar-refractivity contribution < 1.29 is 9.47 Å². The van der Waals surface area contributed by atoms with Crippen molar-refractivity contribution in [3.05, 3.63) is 21.9 Å². The molecule has 0 bridgehead atoms. The molecule has 102 valence electrons. The predicted molar refractivity (Wildman–Crippen MR) is 74.9 cm³/mol. The summed E-state index contributed by atoms with van der Waals surface area (Å²) < 4.78 is 11.4. The normalized spacial score (nSPS) is 20.2. The van der Waals surface area contributed by atoms with Crippen LogP contribution < -0.4 is 5.32 Å². The maximum absolute atomic E-state index is 5.74. The summed E-state index contributed by atoms with van der Waals surface area (Å²) in [4.78, 5) is 2.68. The van der Waals surface area contributed by atoms with E-state index in [-0.39, 0.29) is 0 Å². The van der Waals surface area contributed by atoms with Crippen LogP contribution in [0.4, 0.5) is 0 Å². The van der Waals surface area contributed by atoms with Crippen LogP contribution in [0.1, 0.15) is 35.9 Å². The van der Waals surface area contributed by atoms with E-state index in [1.165, 1.54) is 22.6 Å². The van der Waals surface area contributed by atoms with Crippen LogP contribution in [0.25, 0.3) is 0 Å². The van der Waals surface area contributed by atoms with Crippen LogP contribution in [-0.4, -0.2) is 25.9 Å². The van der Waals surface area contributed by atoms with Crippen molar-refractivity contribution in [2.24, 2.45) is 0 Å². The van der Waals surface area contributed by atoms with Gasteiger partial charge in [-0.3, -0.25) is 0 Å². The van der Waals surface area contributed by atoms with Crippen molar-refractivity contribution in [1.29, 1.82) is 0 Å². The van der Waals surface area contributed by atoms with Crippen molar-refractivity contribution in [2.45, 2.75) is 45.4 Å². The monoisotopic (exact) mass is 269 g/mol. The number of hydrogen-bond donors (Lipinski definition) is 1. The van der Waals surface area contributed by atoms with Gasteiger partial charge >= 0.3 is 0 Å². The summed E-state index contributed by atoms with van der Waals surface area (Å²) in [6.45, 7) is 6.47. The van der Waals surface area contributed by atoms with E-state index in [2.05, 4.69) is 24.4 Å². The molecule has 2 heterocycles. The Bertz CT molecular complexity index is 334. The van der Waals surface area contributed by atoms with Crippen LogP contribution in [0.3, 0.4) is 0 Å². The van der Waals surface area contributed by atoms with Crippen LogP contribution in [-0.2, 0) is 22.6 Å². The molecule has 1 aliphatic rings. The Balaban J connectivity index is 1.64. The fourth-order valence-corrected chi connectivity index (χ4v) is 3.00. The molecule has 1 saturated heterocycles. The third kappa shape index (κ3) is 4.69. The average Bonchev–Trinajstić information content (AvgIpc) is 2.85. The van der Waals surface area contributed by atoms with Gasteiger partial charge < -0.3 is 14.8 Å². The second kappa shape index (κ2) is 7.89. The van der Waals surface area contributed by atoms with Crippen LogP contribution >= 0.6 is 11.3 Å². The van der Waals surface area contributed by atoms with E-state index in [9.17, 15) is 0 Å². The van der Waals surface area contributed by atoms with E-state index >= 15 is 0 Å². The third-order valence-electron chi connectivity index (χ3n) is 3.09. The molecule has 0 radical (unpaired) electrons. The molecule has 1 N–H and O–H groups in total. The number of thiophene rings is 1. The van der Waals surface area contributed by atoms with E-state index in [0.717, 1.165) is 39.3 Å². The smallest absolute Gasteiger partial charge is 0.0810 e. The van der Waals surface area contributed by atoms with Gasteiger partial charge in [-0.05, 0) is 37.9 Å². The van der Waals surface area contributed by atoms with Gasteiger partial charge in [0.05, 0.1) is 19.3 Å². The molecule has 1 unspecified atom stereocenters. The maximum atomic E-state index is 5.74. The largest absolute Gasteiger partial charge is 0.376 e. The number of nitrogens with one attached hydrogen (secondary N) is 1. The second-order valence-corrected chi connectivity index (χ2v) is 5.90. The molecule has 0 spiro atoms. The lowest BCUT2D eigenvalue weighted by Gasteiger charge is -2.22. The summed E-state index contributed by atoms with van der Waals surface area (Å²) in [7, 11) is 0. The first-order valence-corrected chi connectivity index (χ1v) is 7.67. The standard InChI is InChI=1S/C14H23NO2S/c1-2-15-9-13-6-7-14(18-13)11-16-10-12-5-3-4-8-17-12/h6-7,12,15H,2-5,8-11H2,1H3. The van der Waals surface area contributed by atoms with Gasteiger partial charge in [-0.25, -0.2) is 0 Å². The van der Waals surface area contributed by atoms with Gasteiger partial charge in [0.2, 0.25) is 0 Å². The molecule has 4 heteroatoms. The highest BCUT2D eigenvalue weighted by Gasteiger charge is 2.13. The third-order valence-corrected chi connectivity index (χ3v) is 4.15. The number of rotatable bonds is 7. The fourth-order valence-electron chi connectivity index (χ4n) is 2.07. The Morgan fingerprint density at radius 2 is 2.28 bits per heavy atom. The van der Waals surface area contributed by atoms with Crippen LogP contribution in [0.5, 0.6) is 0 Å². The lowest BCUT2D eigenvalue weighted by atomic mass is 10.1. The van der Waals surface area contributed by atoms with Gasteiger partial charge in [-0.2, -0.15) is 0 Å². The molecule has 1 aromatic rings. The zero-order valence-corrected chi connectivity index (χ0v) is 11.9. The van der Waals surface area contributed by atoms with Crippen molar-refractivity contribution in [2.75, 3.05) is 19.8 Å². The summed E-state index contributed by atoms with van der Waals surface area (Å²) in [5, 5.41) is 3.34. The zero-order chi connectivity index (χ0) is 12.6. The topological polar surface area (TPSA) is 30.5 Å². The fraction of sp³-hybridized carbons (Fsp3) is 0.714. The molecule has 1 aliphatic heterocycles. The van der Waals surface area contributed by atoms with E-state index in [0.29, 0.717) is 6.10 Å². The summed E-state index contributed by atoms with van der Waals surface area (Å²) >= 11 is 1.83. The Kier molecular flexibility index (Phi) is 6.14. The SMILES string of the molecule is CCNCc1ccc(COCC2CCCCO2)s1. The minimum Gasteiger partial charge on any atom is -0.376 e.